The summed E-state index contributed by atoms with van der Waals surface area (Å²) in [7, 11) is 1.90. The Kier molecular flexibility index (Phi) is 3.01. The van der Waals surface area contributed by atoms with E-state index in [0.717, 1.165) is 17.7 Å². The summed E-state index contributed by atoms with van der Waals surface area (Å²) >= 11 is 0. The van der Waals surface area contributed by atoms with Gasteiger partial charge in [-0.2, -0.15) is 0 Å². The van der Waals surface area contributed by atoms with Crippen LogP contribution in [0.4, 0.5) is 11.4 Å². The predicted molar refractivity (Wildman–Crippen MR) is 63.4 cm³/mol. The van der Waals surface area contributed by atoms with Gasteiger partial charge in [-0.05, 0) is 19.1 Å². The van der Waals surface area contributed by atoms with Crippen LogP contribution < -0.4 is 4.90 Å². The van der Waals surface area contributed by atoms with Crippen molar-refractivity contribution in [1.29, 1.82) is 0 Å². The van der Waals surface area contributed by atoms with E-state index in [1.54, 1.807) is 0 Å². The number of aldehydes is 1. The summed E-state index contributed by atoms with van der Waals surface area (Å²) < 4.78 is 5.52. The molecule has 0 radical (unpaired) electrons. The van der Waals surface area contributed by atoms with Crippen molar-refractivity contribution in [3.63, 3.8) is 0 Å². The smallest absolute Gasteiger partial charge is 0.176 e. The van der Waals surface area contributed by atoms with Gasteiger partial charge in [0, 0.05) is 13.7 Å². The van der Waals surface area contributed by atoms with Gasteiger partial charge in [0.2, 0.25) is 0 Å². The second kappa shape index (κ2) is 4.45. The molecule has 0 N–H and O–H groups in total. The molecule has 2 rings (SSSR count). The number of para-hydroxylation sites is 2. The normalized spacial score (nSPS) is 19.0. The number of hydrogen-bond acceptors (Lipinski definition) is 4. The third-order valence-electron chi connectivity index (χ3n) is 2.56. The molecule has 4 heteroatoms. The quantitative estimate of drug-likeness (QED) is 0.726. The number of hydrogen-bond donors (Lipinski definition) is 0. The van der Waals surface area contributed by atoms with Crippen LogP contribution in [0.5, 0.6) is 0 Å². The maximum absolute atomic E-state index is 11.0. The highest BCUT2D eigenvalue weighted by Crippen LogP contribution is 2.33. The average molecular weight is 218 g/mol. The number of carbonyl (C=O) groups is 1. The Bertz CT molecular complexity index is 429. The molecule has 0 amide bonds. The molecular formula is C12H14N2O2. The molecule has 1 unspecified atom stereocenters. The Hall–Kier alpha value is -1.68. The molecule has 16 heavy (non-hydrogen) atoms. The Morgan fingerprint density at radius 1 is 1.50 bits per heavy atom. The maximum atomic E-state index is 11.0. The van der Waals surface area contributed by atoms with Gasteiger partial charge in [-0.25, -0.2) is 4.99 Å². The van der Waals surface area contributed by atoms with E-state index in [-0.39, 0.29) is 6.23 Å². The maximum Gasteiger partial charge on any atom is 0.176 e. The fourth-order valence-electron chi connectivity index (χ4n) is 1.82. The molecule has 0 spiro atoms. The van der Waals surface area contributed by atoms with Crippen LogP contribution in [0.25, 0.3) is 0 Å². The summed E-state index contributed by atoms with van der Waals surface area (Å²) in [5.41, 5.74) is 2.21. The van der Waals surface area contributed by atoms with Crippen molar-refractivity contribution >= 4 is 23.4 Å². The Morgan fingerprint density at radius 3 is 2.94 bits per heavy atom. The summed E-state index contributed by atoms with van der Waals surface area (Å²) in [6, 6.07) is 7.70. The van der Waals surface area contributed by atoms with E-state index in [1.165, 1.54) is 0 Å². The Labute approximate surface area is 94.5 Å². The van der Waals surface area contributed by atoms with E-state index < -0.39 is 0 Å². The van der Waals surface area contributed by atoms with Crippen LogP contribution in [-0.2, 0) is 9.53 Å². The molecule has 1 atom stereocenters. The lowest BCUT2D eigenvalue weighted by atomic mass is 10.1. The molecule has 1 heterocycles. The standard InChI is InChI=1S/C12H14N2O2/c1-3-16-12-10(8-15)13-9-6-4-5-7-11(9)14(12)2/h4-8,12H,3H2,1-2H3. The highest BCUT2D eigenvalue weighted by Gasteiger charge is 2.27. The number of aliphatic imine (C=N–C) groups is 1. The van der Waals surface area contributed by atoms with Crippen LogP contribution in [0.1, 0.15) is 6.92 Å². The number of nitrogens with zero attached hydrogens (tertiary/aromatic N) is 2. The predicted octanol–water partition coefficient (Wildman–Crippen LogP) is 1.77. The fourth-order valence-corrected chi connectivity index (χ4v) is 1.82. The summed E-state index contributed by atoms with van der Waals surface area (Å²) in [6.45, 7) is 2.45. The molecule has 0 fully saturated rings. The number of carbonyl (C=O) groups excluding carboxylic acids is 1. The number of ether oxygens (including phenoxy) is 1. The molecule has 0 aliphatic carbocycles. The van der Waals surface area contributed by atoms with E-state index in [4.69, 9.17) is 4.74 Å². The summed E-state index contributed by atoms with van der Waals surface area (Å²) in [6.07, 6.45) is 0.379. The molecule has 84 valence electrons. The van der Waals surface area contributed by atoms with Gasteiger partial charge in [0.25, 0.3) is 0 Å². The van der Waals surface area contributed by atoms with Crippen molar-refractivity contribution in [2.45, 2.75) is 13.2 Å². The van der Waals surface area contributed by atoms with Crippen LogP contribution in [0.2, 0.25) is 0 Å². The minimum Gasteiger partial charge on any atom is -0.353 e. The first kappa shape index (κ1) is 10.8. The molecule has 0 aromatic heterocycles. The van der Waals surface area contributed by atoms with Crippen molar-refractivity contribution in [3.05, 3.63) is 24.3 Å². The lowest BCUT2D eigenvalue weighted by molar-refractivity contribution is -0.103. The van der Waals surface area contributed by atoms with Gasteiger partial charge in [-0.3, -0.25) is 4.79 Å². The molecule has 1 aliphatic rings. The van der Waals surface area contributed by atoms with Gasteiger partial charge in [-0.1, -0.05) is 12.1 Å². The van der Waals surface area contributed by atoms with E-state index in [9.17, 15) is 4.79 Å². The molecule has 0 saturated heterocycles. The van der Waals surface area contributed by atoms with Gasteiger partial charge < -0.3 is 9.64 Å². The molecule has 0 saturated carbocycles. The van der Waals surface area contributed by atoms with Gasteiger partial charge in [0.1, 0.15) is 5.71 Å². The third kappa shape index (κ3) is 1.72. The topological polar surface area (TPSA) is 41.9 Å². The van der Waals surface area contributed by atoms with Crippen LogP contribution in [-0.4, -0.2) is 31.9 Å². The Balaban J connectivity index is 2.45. The lowest BCUT2D eigenvalue weighted by Gasteiger charge is -2.33. The highest BCUT2D eigenvalue weighted by atomic mass is 16.5. The molecule has 1 aromatic carbocycles. The zero-order valence-electron chi connectivity index (χ0n) is 9.38. The number of benzene rings is 1. The number of rotatable bonds is 3. The summed E-state index contributed by atoms with van der Waals surface area (Å²) in [5, 5.41) is 0. The van der Waals surface area contributed by atoms with Gasteiger partial charge in [0.15, 0.2) is 12.5 Å². The van der Waals surface area contributed by atoms with E-state index in [1.807, 2.05) is 43.1 Å². The fraction of sp³-hybridized carbons (Fsp3) is 0.333. The molecular weight excluding hydrogens is 204 g/mol. The zero-order valence-corrected chi connectivity index (χ0v) is 9.38. The molecule has 1 aliphatic heterocycles. The number of anilines is 1. The summed E-state index contributed by atoms with van der Waals surface area (Å²) in [4.78, 5) is 17.2. The molecule has 4 nitrogen and oxygen atoms in total. The average Bonchev–Trinajstić information content (AvgIpc) is 2.33. The number of fused-ring (bicyclic) bond motifs is 1. The lowest BCUT2D eigenvalue weighted by Crippen LogP contribution is -2.43. The monoisotopic (exact) mass is 218 g/mol. The van der Waals surface area contributed by atoms with Crippen molar-refractivity contribution in [3.8, 4) is 0 Å². The SMILES string of the molecule is CCOC1C(C=O)=Nc2ccccc2N1C. The van der Waals surface area contributed by atoms with Gasteiger partial charge in [-0.15, -0.1) is 0 Å². The summed E-state index contributed by atoms with van der Waals surface area (Å²) in [5.74, 6) is 0. The van der Waals surface area contributed by atoms with Crippen molar-refractivity contribution < 1.29 is 9.53 Å². The second-order valence-corrected chi connectivity index (χ2v) is 3.56. The van der Waals surface area contributed by atoms with Crippen molar-refractivity contribution in [2.24, 2.45) is 4.99 Å². The van der Waals surface area contributed by atoms with Crippen LogP contribution in [0.15, 0.2) is 29.3 Å². The highest BCUT2D eigenvalue weighted by molar-refractivity contribution is 6.32. The van der Waals surface area contributed by atoms with Crippen LogP contribution in [0.3, 0.4) is 0 Å². The van der Waals surface area contributed by atoms with Crippen LogP contribution >= 0.6 is 0 Å². The van der Waals surface area contributed by atoms with Crippen LogP contribution in [0, 0.1) is 0 Å². The van der Waals surface area contributed by atoms with Gasteiger partial charge >= 0.3 is 0 Å². The molecule has 1 aromatic rings. The van der Waals surface area contributed by atoms with E-state index >= 15 is 0 Å². The van der Waals surface area contributed by atoms with E-state index in [0.29, 0.717) is 12.3 Å². The minimum absolute atomic E-state index is 0.377. The Morgan fingerprint density at radius 2 is 2.25 bits per heavy atom. The van der Waals surface area contributed by atoms with Crippen molar-refractivity contribution in [2.75, 3.05) is 18.6 Å². The first-order valence-corrected chi connectivity index (χ1v) is 5.25. The second-order valence-electron chi connectivity index (χ2n) is 3.56. The largest absolute Gasteiger partial charge is 0.353 e. The first-order valence-electron chi connectivity index (χ1n) is 5.25. The van der Waals surface area contributed by atoms with Gasteiger partial charge in [0.05, 0.1) is 11.4 Å². The van der Waals surface area contributed by atoms with Crippen molar-refractivity contribution in [1.82, 2.24) is 0 Å². The third-order valence-corrected chi connectivity index (χ3v) is 2.56. The molecule has 0 bridgehead atoms. The van der Waals surface area contributed by atoms with E-state index in [2.05, 4.69) is 4.99 Å². The zero-order chi connectivity index (χ0) is 11.5. The first-order chi connectivity index (χ1) is 7.77. The minimum atomic E-state index is -0.377.